The monoisotopic (exact) mass is 820 g/mol. The SMILES string of the molecule is CC1(C)c2ccccc2-c2ccc(N(c3ccccc3)c3ccc4c(c3)-c3cccc5c(N(c6ccc(-c7ccccc7)cc6)c6ccc(-c7ccccc7)cc6)ccc(c35)O4)cc21. The summed E-state index contributed by atoms with van der Waals surface area (Å²) in [5.41, 5.74) is 18.7. The lowest BCUT2D eigenvalue weighted by Gasteiger charge is -2.31. The van der Waals surface area contributed by atoms with Crippen LogP contribution in [0.5, 0.6) is 11.5 Å². The summed E-state index contributed by atoms with van der Waals surface area (Å²) in [7, 11) is 0. The van der Waals surface area contributed by atoms with Crippen LogP contribution in [0.4, 0.5) is 34.1 Å². The molecule has 1 aliphatic heterocycles. The van der Waals surface area contributed by atoms with Crippen LogP contribution in [0, 0.1) is 0 Å². The van der Waals surface area contributed by atoms with Gasteiger partial charge in [-0.1, -0.05) is 166 Å². The van der Waals surface area contributed by atoms with Crippen molar-refractivity contribution in [3.63, 3.8) is 0 Å². The lowest BCUT2D eigenvalue weighted by Crippen LogP contribution is -2.16. The molecule has 10 aromatic carbocycles. The molecular formula is C61H44N2O. The van der Waals surface area contributed by atoms with Crippen LogP contribution < -0.4 is 14.5 Å². The van der Waals surface area contributed by atoms with Gasteiger partial charge in [0, 0.05) is 50.2 Å². The fourth-order valence-corrected chi connectivity index (χ4v) is 10.1. The first-order valence-corrected chi connectivity index (χ1v) is 22.1. The van der Waals surface area contributed by atoms with E-state index in [0.29, 0.717) is 0 Å². The Labute approximate surface area is 374 Å². The van der Waals surface area contributed by atoms with Gasteiger partial charge in [0.25, 0.3) is 0 Å². The predicted molar refractivity (Wildman–Crippen MR) is 267 cm³/mol. The molecule has 1 heterocycles. The van der Waals surface area contributed by atoms with Crippen LogP contribution in [-0.4, -0.2) is 0 Å². The van der Waals surface area contributed by atoms with E-state index in [1.165, 1.54) is 44.5 Å². The van der Waals surface area contributed by atoms with Crippen molar-refractivity contribution in [2.75, 3.05) is 9.80 Å². The number of rotatable bonds is 8. The number of hydrogen-bond donors (Lipinski definition) is 0. The third kappa shape index (κ3) is 6.20. The zero-order valence-corrected chi connectivity index (χ0v) is 35.7. The highest BCUT2D eigenvalue weighted by Crippen LogP contribution is 2.54. The number of nitrogens with zero attached hydrogens (tertiary/aromatic N) is 2. The summed E-state index contributed by atoms with van der Waals surface area (Å²) in [6.07, 6.45) is 0. The van der Waals surface area contributed by atoms with Crippen LogP contribution in [0.25, 0.3) is 55.3 Å². The van der Waals surface area contributed by atoms with E-state index in [2.05, 4.69) is 254 Å². The smallest absolute Gasteiger partial charge is 0.136 e. The largest absolute Gasteiger partial charge is 0.456 e. The van der Waals surface area contributed by atoms with Gasteiger partial charge in [-0.25, -0.2) is 0 Å². The summed E-state index contributed by atoms with van der Waals surface area (Å²) in [4.78, 5) is 4.76. The molecule has 0 fully saturated rings. The van der Waals surface area contributed by atoms with Crippen LogP contribution in [0.2, 0.25) is 0 Å². The van der Waals surface area contributed by atoms with E-state index >= 15 is 0 Å². The third-order valence-corrected chi connectivity index (χ3v) is 13.3. The zero-order valence-electron chi connectivity index (χ0n) is 35.7. The summed E-state index contributed by atoms with van der Waals surface area (Å²) in [6, 6.07) is 83.2. The van der Waals surface area contributed by atoms with Crippen molar-refractivity contribution in [2.45, 2.75) is 19.3 Å². The van der Waals surface area contributed by atoms with Gasteiger partial charge >= 0.3 is 0 Å². The molecule has 0 unspecified atom stereocenters. The van der Waals surface area contributed by atoms with Crippen LogP contribution in [-0.2, 0) is 5.41 Å². The van der Waals surface area contributed by atoms with E-state index in [-0.39, 0.29) is 5.41 Å². The van der Waals surface area contributed by atoms with Crippen molar-refractivity contribution in [1.29, 1.82) is 0 Å². The number of anilines is 6. The maximum absolute atomic E-state index is 6.86. The molecule has 304 valence electrons. The van der Waals surface area contributed by atoms with E-state index in [9.17, 15) is 0 Å². The Morgan fingerprint density at radius 1 is 0.328 bits per heavy atom. The Balaban J connectivity index is 0.989. The molecular weight excluding hydrogens is 777 g/mol. The molecule has 3 heteroatoms. The Morgan fingerprint density at radius 2 is 0.828 bits per heavy atom. The average molecular weight is 821 g/mol. The second kappa shape index (κ2) is 15.0. The van der Waals surface area contributed by atoms with Crippen LogP contribution in [0.1, 0.15) is 25.0 Å². The topological polar surface area (TPSA) is 15.7 Å². The molecule has 3 nitrogen and oxygen atoms in total. The van der Waals surface area contributed by atoms with Gasteiger partial charge in [-0.3, -0.25) is 0 Å². The van der Waals surface area contributed by atoms with Crippen molar-refractivity contribution in [2.24, 2.45) is 0 Å². The average Bonchev–Trinajstić information content (AvgIpc) is 3.59. The molecule has 0 bridgehead atoms. The Hall–Kier alpha value is -8.14. The van der Waals surface area contributed by atoms with E-state index in [4.69, 9.17) is 4.74 Å². The molecule has 12 rings (SSSR count). The summed E-state index contributed by atoms with van der Waals surface area (Å²) in [6.45, 7) is 4.69. The molecule has 0 saturated heterocycles. The van der Waals surface area contributed by atoms with E-state index in [0.717, 1.165) is 67.5 Å². The second-order valence-corrected chi connectivity index (χ2v) is 17.3. The molecule has 0 amide bonds. The highest BCUT2D eigenvalue weighted by atomic mass is 16.5. The van der Waals surface area contributed by atoms with Gasteiger partial charge in [0.2, 0.25) is 0 Å². The Bertz CT molecular complexity index is 3280. The Kier molecular flexibility index (Phi) is 8.84. The van der Waals surface area contributed by atoms with E-state index in [1.54, 1.807) is 0 Å². The maximum Gasteiger partial charge on any atom is 0.136 e. The van der Waals surface area contributed by atoms with Crippen molar-refractivity contribution >= 4 is 44.9 Å². The number of benzene rings is 10. The number of hydrogen-bond acceptors (Lipinski definition) is 3. The van der Waals surface area contributed by atoms with E-state index in [1.807, 2.05) is 0 Å². The van der Waals surface area contributed by atoms with Gasteiger partial charge in [-0.05, 0) is 129 Å². The fraction of sp³-hybridized carbons (Fsp3) is 0.0492. The first-order valence-electron chi connectivity index (χ1n) is 22.1. The van der Waals surface area contributed by atoms with Crippen LogP contribution in [0.3, 0.4) is 0 Å². The molecule has 2 aliphatic rings. The number of ether oxygens (including phenoxy) is 1. The lowest BCUT2D eigenvalue weighted by atomic mass is 9.82. The van der Waals surface area contributed by atoms with Crippen molar-refractivity contribution in [3.8, 4) is 56.0 Å². The quantitative estimate of drug-likeness (QED) is 0.152. The molecule has 10 aromatic rings. The third-order valence-electron chi connectivity index (χ3n) is 13.3. The molecule has 0 N–H and O–H groups in total. The number of fused-ring (bicyclic) bond motifs is 5. The molecule has 1 aliphatic carbocycles. The lowest BCUT2D eigenvalue weighted by molar-refractivity contribution is 0.487. The molecule has 0 aromatic heterocycles. The van der Waals surface area contributed by atoms with Crippen molar-refractivity contribution in [1.82, 2.24) is 0 Å². The van der Waals surface area contributed by atoms with Gasteiger partial charge in [0.15, 0.2) is 0 Å². The van der Waals surface area contributed by atoms with Gasteiger partial charge in [0.1, 0.15) is 11.5 Å². The summed E-state index contributed by atoms with van der Waals surface area (Å²) in [5, 5.41) is 2.21. The minimum absolute atomic E-state index is 0.118. The predicted octanol–water partition coefficient (Wildman–Crippen LogP) is 17.2. The normalized spacial score (nSPS) is 12.8. The van der Waals surface area contributed by atoms with Gasteiger partial charge in [-0.15, -0.1) is 0 Å². The highest BCUT2D eigenvalue weighted by molar-refractivity contribution is 6.11. The molecule has 0 saturated carbocycles. The molecule has 64 heavy (non-hydrogen) atoms. The van der Waals surface area contributed by atoms with Gasteiger partial charge in [0.05, 0.1) is 5.69 Å². The molecule has 0 atom stereocenters. The fourth-order valence-electron chi connectivity index (χ4n) is 10.1. The van der Waals surface area contributed by atoms with Crippen molar-refractivity contribution in [3.05, 3.63) is 242 Å². The molecule has 0 spiro atoms. The standard InChI is InChI=1S/C61H44N2O/c1-61(2)55-24-13-12-21-50(55)51-35-33-49(40-56(51)61)62(45-19-10-5-11-20-45)48-34-37-58-54(39-48)52-22-14-23-53-57(36-38-59(64-58)60(52)53)63(46-29-25-43(26-30-46)41-15-6-3-7-16-41)47-31-27-44(28-32-47)42-17-8-4-9-18-42/h3-40H,1-2H3. The minimum Gasteiger partial charge on any atom is -0.456 e. The van der Waals surface area contributed by atoms with Crippen LogP contribution >= 0.6 is 0 Å². The van der Waals surface area contributed by atoms with Gasteiger partial charge < -0.3 is 14.5 Å². The summed E-state index contributed by atoms with van der Waals surface area (Å²) >= 11 is 0. The van der Waals surface area contributed by atoms with E-state index < -0.39 is 0 Å². The summed E-state index contributed by atoms with van der Waals surface area (Å²) < 4.78 is 6.86. The Morgan fingerprint density at radius 3 is 1.50 bits per heavy atom. The second-order valence-electron chi connectivity index (χ2n) is 17.3. The van der Waals surface area contributed by atoms with Crippen LogP contribution in [0.15, 0.2) is 231 Å². The highest BCUT2D eigenvalue weighted by Gasteiger charge is 2.36. The maximum atomic E-state index is 6.86. The number of para-hydroxylation sites is 1. The minimum atomic E-state index is -0.118. The first-order chi connectivity index (χ1) is 31.5. The molecule has 0 radical (unpaired) electrons. The summed E-state index contributed by atoms with van der Waals surface area (Å²) in [5.74, 6) is 1.70. The first kappa shape index (κ1) is 37.6. The zero-order chi connectivity index (χ0) is 42.8. The van der Waals surface area contributed by atoms with Gasteiger partial charge in [-0.2, -0.15) is 0 Å². The van der Waals surface area contributed by atoms with Crippen molar-refractivity contribution < 1.29 is 4.74 Å².